The van der Waals surface area contributed by atoms with Gasteiger partial charge in [-0.3, -0.25) is 5.32 Å². The minimum atomic E-state index is -0.360. The molecule has 0 aliphatic rings. The van der Waals surface area contributed by atoms with Crippen molar-refractivity contribution in [2.45, 2.75) is 78.9 Å². The molecule has 2 atom stereocenters. The van der Waals surface area contributed by atoms with E-state index in [4.69, 9.17) is 0 Å². The molecule has 6 nitrogen and oxygen atoms in total. The highest BCUT2D eigenvalue weighted by Crippen LogP contribution is 2.28. The molecule has 0 saturated heterocycles. The highest BCUT2D eigenvalue weighted by atomic mass is 16.3. The predicted octanol–water partition coefficient (Wildman–Crippen LogP) is 3.46. The lowest BCUT2D eigenvalue weighted by Gasteiger charge is -2.23. The summed E-state index contributed by atoms with van der Waals surface area (Å²) in [5.41, 5.74) is 0.621. The van der Waals surface area contributed by atoms with E-state index in [0.717, 1.165) is 5.69 Å². The number of carbonyl (C=O) groups excluding carboxylic acids is 1. The molecule has 2 amide bonds. The summed E-state index contributed by atoms with van der Waals surface area (Å²) in [4.78, 5) is 12.2. The number of nitrogens with zero attached hydrogens (tertiary/aromatic N) is 2. The van der Waals surface area contributed by atoms with Crippen LogP contribution < -0.4 is 10.6 Å². The van der Waals surface area contributed by atoms with Crippen LogP contribution in [0.4, 0.5) is 10.6 Å². The quantitative estimate of drug-likeness (QED) is 0.769. The van der Waals surface area contributed by atoms with E-state index in [2.05, 4.69) is 57.3 Å². The van der Waals surface area contributed by atoms with Gasteiger partial charge in [0.15, 0.2) is 0 Å². The van der Waals surface area contributed by atoms with Gasteiger partial charge in [0.05, 0.1) is 17.3 Å². The molecule has 3 N–H and O–H groups in total. The molecule has 1 heterocycles. The average molecular weight is 338 g/mol. The number of amides is 2. The Balaban J connectivity index is 2.82. The fourth-order valence-electron chi connectivity index (χ4n) is 2.44. The van der Waals surface area contributed by atoms with Crippen LogP contribution >= 0.6 is 0 Å². The van der Waals surface area contributed by atoms with E-state index in [1.165, 1.54) is 0 Å². The molecule has 1 aromatic rings. The van der Waals surface area contributed by atoms with Gasteiger partial charge in [-0.25, -0.2) is 9.48 Å². The molecular weight excluding hydrogens is 304 g/mol. The smallest absolute Gasteiger partial charge is 0.320 e. The zero-order valence-electron chi connectivity index (χ0n) is 16.4. The van der Waals surface area contributed by atoms with Gasteiger partial charge in [0.1, 0.15) is 5.82 Å². The van der Waals surface area contributed by atoms with Crippen LogP contribution in [0.2, 0.25) is 0 Å². The number of rotatable bonds is 5. The van der Waals surface area contributed by atoms with Gasteiger partial charge in [0.25, 0.3) is 0 Å². The monoisotopic (exact) mass is 338 g/mol. The second-order valence-corrected chi connectivity index (χ2v) is 8.77. The van der Waals surface area contributed by atoms with Gasteiger partial charge in [0, 0.05) is 18.0 Å². The van der Waals surface area contributed by atoms with Gasteiger partial charge in [-0.2, -0.15) is 5.10 Å². The van der Waals surface area contributed by atoms with Gasteiger partial charge >= 0.3 is 6.03 Å². The molecule has 6 heteroatoms. The third kappa shape index (κ3) is 6.15. The van der Waals surface area contributed by atoms with Gasteiger partial charge in [-0.15, -0.1) is 0 Å². The fraction of sp³-hybridized carbons (Fsp3) is 0.778. The van der Waals surface area contributed by atoms with Crippen molar-refractivity contribution in [3.63, 3.8) is 0 Å². The first-order chi connectivity index (χ1) is 10.8. The lowest BCUT2D eigenvalue weighted by molar-refractivity contribution is 0.163. The number of nitrogens with one attached hydrogen (secondary N) is 2. The molecule has 2 unspecified atom stereocenters. The van der Waals surface area contributed by atoms with Crippen molar-refractivity contribution in [2.75, 3.05) is 11.9 Å². The maximum atomic E-state index is 12.2. The van der Waals surface area contributed by atoms with E-state index in [9.17, 15) is 9.90 Å². The molecular formula is C18H34N4O2. The third-order valence-corrected chi connectivity index (χ3v) is 3.71. The van der Waals surface area contributed by atoms with Gasteiger partial charge < -0.3 is 10.4 Å². The molecule has 138 valence electrons. The Morgan fingerprint density at radius 2 is 1.83 bits per heavy atom. The summed E-state index contributed by atoms with van der Waals surface area (Å²) < 4.78 is 1.85. The van der Waals surface area contributed by atoms with Crippen molar-refractivity contribution < 1.29 is 9.90 Å². The number of aliphatic hydroxyl groups excluding tert-OH is 1. The Bertz CT molecular complexity index is 550. The Morgan fingerprint density at radius 1 is 1.25 bits per heavy atom. The maximum absolute atomic E-state index is 12.2. The molecule has 0 aromatic carbocycles. The highest BCUT2D eigenvalue weighted by molar-refractivity contribution is 5.88. The molecule has 0 fully saturated rings. The second kappa shape index (κ2) is 7.55. The molecule has 0 spiro atoms. The topological polar surface area (TPSA) is 79.2 Å². The van der Waals surface area contributed by atoms with Crippen LogP contribution in [0.25, 0.3) is 0 Å². The van der Waals surface area contributed by atoms with Crippen molar-refractivity contribution in [3.8, 4) is 0 Å². The molecule has 0 bridgehead atoms. The zero-order valence-corrected chi connectivity index (χ0v) is 16.4. The first-order valence-corrected chi connectivity index (χ1v) is 8.64. The molecule has 24 heavy (non-hydrogen) atoms. The first kappa shape index (κ1) is 20.5. The third-order valence-electron chi connectivity index (χ3n) is 3.71. The van der Waals surface area contributed by atoms with Crippen LogP contribution in [0, 0.1) is 5.92 Å². The predicted molar refractivity (Wildman–Crippen MR) is 98.4 cm³/mol. The lowest BCUT2D eigenvalue weighted by atomic mass is 9.92. The molecule has 0 saturated carbocycles. The molecule has 0 radical (unpaired) electrons. The Labute approximate surface area is 146 Å². The Hall–Kier alpha value is -1.56. The summed E-state index contributed by atoms with van der Waals surface area (Å²) in [7, 11) is 0. The van der Waals surface area contributed by atoms with E-state index in [1.807, 2.05) is 17.7 Å². The van der Waals surface area contributed by atoms with Crippen molar-refractivity contribution >= 4 is 11.8 Å². The number of hydrogen-bond acceptors (Lipinski definition) is 3. The molecule has 0 aliphatic carbocycles. The van der Waals surface area contributed by atoms with Gasteiger partial charge in [-0.05, 0) is 40.0 Å². The van der Waals surface area contributed by atoms with Crippen molar-refractivity contribution in [2.24, 2.45) is 5.92 Å². The second-order valence-electron chi connectivity index (χ2n) is 8.77. The van der Waals surface area contributed by atoms with Crippen LogP contribution in [0.15, 0.2) is 6.07 Å². The highest BCUT2D eigenvalue weighted by Gasteiger charge is 2.25. The van der Waals surface area contributed by atoms with E-state index < -0.39 is 0 Å². The summed E-state index contributed by atoms with van der Waals surface area (Å²) in [6, 6.07) is 1.68. The normalized spacial score (nSPS) is 15.0. The van der Waals surface area contributed by atoms with E-state index in [-0.39, 0.29) is 29.0 Å². The first-order valence-electron chi connectivity index (χ1n) is 8.64. The summed E-state index contributed by atoms with van der Waals surface area (Å²) >= 11 is 0. The van der Waals surface area contributed by atoms with Crippen LogP contribution in [-0.2, 0) is 11.0 Å². The Kier molecular flexibility index (Phi) is 6.45. The van der Waals surface area contributed by atoms with Crippen molar-refractivity contribution in [1.29, 1.82) is 0 Å². The van der Waals surface area contributed by atoms with Gasteiger partial charge in [-0.1, -0.05) is 27.7 Å². The summed E-state index contributed by atoms with van der Waals surface area (Å²) in [5.74, 6) is 0.904. The average Bonchev–Trinajstić information content (AvgIpc) is 2.79. The lowest BCUT2D eigenvalue weighted by Crippen LogP contribution is -2.35. The van der Waals surface area contributed by atoms with Crippen LogP contribution in [0.3, 0.4) is 0 Å². The molecule has 1 rings (SSSR count). The minimum Gasteiger partial charge on any atom is -0.393 e. The summed E-state index contributed by atoms with van der Waals surface area (Å²) in [5, 5.41) is 19.8. The Morgan fingerprint density at radius 3 is 2.29 bits per heavy atom. The summed E-state index contributed by atoms with van der Waals surface area (Å²) in [6.45, 7) is 16.8. The summed E-state index contributed by atoms with van der Waals surface area (Å²) in [6.07, 6.45) is 0.301. The van der Waals surface area contributed by atoms with Crippen LogP contribution in [0.5, 0.6) is 0 Å². The number of hydrogen-bond donors (Lipinski definition) is 3. The van der Waals surface area contributed by atoms with Crippen molar-refractivity contribution in [1.82, 2.24) is 15.1 Å². The van der Waals surface area contributed by atoms with Gasteiger partial charge in [0.2, 0.25) is 0 Å². The number of carbonyl (C=O) groups is 1. The standard InChI is InChI=1S/C18H34N4O2/c1-12(9-13(2)23)11-19-16(24)20-15-10-14(17(3,4)5)21-22(15)18(6,7)8/h10,12-13,23H,9,11H2,1-8H3,(H2,19,20,24). The molecule has 1 aromatic heterocycles. The zero-order chi connectivity index (χ0) is 18.7. The van der Waals surface area contributed by atoms with E-state index in [0.29, 0.717) is 18.8 Å². The largest absolute Gasteiger partial charge is 0.393 e. The number of urea groups is 1. The van der Waals surface area contributed by atoms with Crippen LogP contribution in [0.1, 0.15) is 67.5 Å². The number of aromatic nitrogens is 2. The van der Waals surface area contributed by atoms with E-state index in [1.54, 1.807) is 6.92 Å². The fourth-order valence-corrected chi connectivity index (χ4v) is 2.44. The van der Waals surface area contributed by atoms with Crippen molar-refractivity contribution in [3.05, 3.63) is 11.8 Å². The maximum Gasteiger partial charge on any atom is 0.320 e. The number of aliphatic hydroxyl groups is 1. The van der Waals surface area contributed by atoms with E-state index >= 15 is 0 Å². The number of anilines is 1. The van der Waals surface area contributed by atoms with Crippen LogP contribution in [-0.4, -0.2) is 33.6 Å². The molecule has 0 aliphatic heterocycles. The SMILES string of the molecule is CC(O)CC(C)CNC(=O)Nc1cc(C(C)(C)C)nn1C(C)(C)C. The minimum absolute atomic E-state index is 0.0881.